The number of cyclic esters (lactones) is 1. The molecule has 1 aromatic heterocycles. The van der Waals surface area contributed by atoms with Crippen molar-refractivity contribution in [1.82, 2.24) is 9.55 Å². The molecular formula is C57H103N3O18P2. The second-order valence-electron chi connectivity index (χ2n) is 22.4. The molecule has 0 aliphatic carbocycles. The van der Waals surface area contributed by atoms with Crippen molar-refractivity contribution in [3.63, 3.8) is 0 Å². The number of rotatable bonds is 30. The van der Waals surface area contributed by atoms with Crippen LogP contribution in [0.2, 0.25) is 0 Å². The molecule has 80 heavy (non-hydrogen) atoms. The summed E-state index contributed by atoms with van der Waals surface area (Å²) in [6, 6.07) is 1.27. The van der Waals surface area contributed by atoms with Gasteiger partial charge in [-0.25, -0.2) is 13.9 Å². The molecule has 2 aliphatic rings. The first kappa shape index (κ1) is 71.6. The number of aliphatic hydroxyl groups is 5. The van der Waals surface area contributed by atoms with Crippen molar-refractivity contribution in [3.8, 4) is 0 Å². The maximum atomic E-state index is 13.4. The van der Waals surface area contributed by atoms with Crippen LogP contribution < -0.4 is 11.4 Å². The highest BCUT2D eigenvalue weighted by Crippen LogP contribution is 2.60. The summed E-state index contributed by atoms with van der Waals surface area (Å²) in [5, 5.41) is 57.7. The molecule has 2 aliphatic heterocycles. The molecule has 21 nitrogen and oxygen atoms in total. The van der Waals surface area contributed by atoms with E-state index in [0.717, 1.165) is 49.0 Å². The van der Waals surface area contributed by atoms with Gasteiger partial charge >= 0.3 is 33.3 Å². The lowest BCUT2D eigenvalue weighted by molar-refractivity contribution is -0.195. The molecular weight excluding hydrogens is 1080 g/mol. The topological polar surface area (TPSA) is 326 Å². The Labute approximate surface area is 476 Å². The number of aromatic nitrogens is 2. The molecule has 9 N–H and O–H groups in total. The van der Waals surface area contributed by atoms with Crippen LogP contribution in [-0.4, -0.2) is 119 Å². The van der Waals surface area contributed by atoms with E-state index in [2.05, 4.69) is 23.1 Å². The van der Waals surface area contributed by atoms with Crippen LogP contribution in [0.15, 0.2) is 29.2 Å². The molecule has 3 heterocycles. The average molecular weight is 1180 g/mol. The van der Waals surface area contributed by atoms with Crippen molar-refractivity contribution in [3.05, 3.63) is 34.9 Å². The molecule has 0 amide bonds. The number of hydrogen-bond acceptors (Lipinski definition) is 18. The van der Waals surface area contributed by atoms with Gasteiger partial charge in [-0.2, -0.15) is 9.29 Å². The summed E-state index contributed by atoms with van der Waals surface area (Å²) >= 11 is 0. The number of anilines is 1. The Morgan fingerprint density at radius 2 is 1.32 bits per heavy atom. The number of phosphoric acid groups is 2. The third-order valence-electron chi connectivity index (χ3n) is 15.5. The van der Waals surface area contributed by atoms with E-state index < -0.39 is 120 Å². The Bertz CT molecular complexity index is 2030. The summed E-state index contributed by atoms with van der Waals surface area (Å²) in [4.78, 5) is 64.6. The normalized spacial score (nSPS) is 29.1. The Morgan fingerprint density at radius 1 is 0.762 bits per heavy atom. The lowest BCUT2D eigenvalue weighted by Gasteiger charge is -2.41. The van der Waals surface area contributed by atoms with E-state index >= 15 is 0 Å². The number of ether oxygens (including phenoxy) is 3. The van der Waals surface area contributed by atoms with Crippen molar-refractivity contribution in [2.24, 2.45) is 17.8 Å². The van der Waals surface area contributed by atoms with Gasteiger partial charge in [-0.1, -0.05) is 193 Å². The van der Waals surface area contributed by atoms with Crippen LogP contribution in [0.5, 0.6) is 0 Å². The Morgan fingerprint density at radius 3 is 1.91 bits per heavy atom. The van der Waals surface area contributed by atoms with Gasteiger partial charge in [0.2, 0.25) is 0 Å². The van der Waals surface area contributed by atoms with E-state index in [1.165, 1.54) is 121 Å². The molecule has 2 fully saturated rings. The minimum absolute atomic E-state index is 0.0127. The fraction of sp³-hybridized carbons (Fsp3) is 0.860. The molecule has 0 spiro atoms. The van der Waals surface area contributed by atoms with Gasteiger partial charge < -0.3 is 55.3 Å². The van der Waals surface area contributed by atoms with Crippen LogP contribution >= 0.6 is 15.6 Å². The SMILES string of the molecule is CCCCC[C@H](O)/C=C/[C@@H]1[C@H](O)[C@H](O)[C@H]2COP(=O)(O)OP(=O)(O)OC[C@H](OC(=O)CCCCCCCCCCCCCCCCCCCCC(C)CC)COC(=O)CCCCCC[C@H]([C@H](n3ccc(N)nc3=O)O2)[C@@H](O)C[C@H]1O. The molecule has 0 saturated carbocycles. The fourth-order valence-electron chi connectivity index (χ4n) is 10.3. The van der Waals surface area contributed by atoms with Crippen molar-refractivity contribution in [1.29, 1.82) is 0 Å². The van der Waals surface area contributed by atoms with Crippen LogP contribution in [0.4, 0.5) is 5.82 Å². The molecule has 1 aromatic rings. The van der Waals surface area contributed by atoms with E-state index in [4.69, 9.17) is 29.0 Å². The Hall–Kier alpha value is -2.62. The van der Waals surface area contributed by atoms with E-state index in [1.54, 1.807) is 0 Å². The number of aliphatic hydroxyl groups excluding tert-OH is 5. The highest BCUT2D eigenvalue weighted by atomic mass is 31.3. The predicted octanol–water partition coefficient (Wildman–Crippen LogP) is 10.2. The molecule has 2 bridgehead atoms. The van der Waals surface area contributed by atoms with Crippen LogP contribution in [0.1, 0.15) is 232 Å². The van der Waals surface area contributed by atoms with Gasteiger partial charge in [0.1, 0.15) is 30.9 Å². The summed E-state index contributed by atoms with van der Waals surface area (Å²) in [7, 11) is -11.3. The van der Waals surface area contributed by atoms with Crippen molar-refractivity contribution in [2.45, 2.75) is 275 Å². The zero-order chi connectivity index (χ0) is 58.8. The van der Waals surface area contributed by atoms with Crippen molar-refractivity contribution in [2.75, 3.05) is 25.6 Å². The maximum absolute atomic E-state index is 13.4. The number of unbranched alkanes of at least 4 members (excludes halogenated alkanes) is 19. The summed E-state index contributed by atoms with van der Waals surface area (Å²) in [6.45, 7) is 3.96. The first-order valence-electron chi connectivity index (χ1n) is 30.4. The maximum Gasteiger partial charge on any atom is 0.481 e. The second-order valence-corrected chi connectivity index (χ2v) is 25.5. The van der Waals surface area contributed by atoms with E-state index in [1.807, 2.05) is 6.92 Å². The largest absolute Gasteiger partial charge is 0.481 e. The molecule has 3 rings (SSSR count). The second kappa shape index (κ2) is 40.6. The highest BCUT2D eigenvalue weighted by Gasteiger charge is 2.45. The number of phosphoric ester groups is 2. The number of carbonyl (C=O) groups is 2. The van der Waals surface area contributed by atoms with Crippen LogP contribution in [0.3, 0.4) is 0 Å². The molecule has 13 atom stereocenters. The number of fused-ring (bicyclic) bond motifs is 3. The van der Waals surface area contributed by atoms with Crippen LogP contribution in [-0.2, 0) is 46.3 Å². The molecule has 0 aromatic carbocycles. The smallest absolute Gasteiger partial charge is 0.462 e. The van der Waals surface area contributed by atoms with Gasteiger partial charge in [0.15, 0.2) is 6.10 Å². The first-order valence-corrected chi connectivity index (χ1v) is 33.3. The number of hydrogen-bond donors (Lipinski definition) is 8. The summed E-state index contributed by atoms with van der Waals surface area (Å²) in [6.07, 6.45) is 19.0. The van der Waals surface area contributed by atoms with Crippen molar-refractivity contribution >= 4 is 33.4 Å². The fourth-order valence-corrected chi connectivity index (χ4v) is 12.4. The third kappa shape index (κ3) is 30.3. The number of esters is 2. The van der Waals surface area contributed by atoms with E-state index in [0.29, 0.717) is 44.9 Å². The molecule has 464 valence electrons. The van der Waals surface area contributed by atoms with Gasteiger partial charge in [0.05, 0.1) is 37.6 Å². The zero-order valence-electron chi connectivity index (χ0n) is 48.4. The zero-order valence-corrected chi connectivity index (χ0v) is 50.2. The highest BCUT2D eigenvalue weighted by molar-refractivity contribution is 7.61. The van der Waals surface area contributed by atoms with Gasteiger partial charge in [-0.05, 0) is 37.7 Å². The standard InChI is InChI=1S/C57H103N3O18P2/c1-4-6-25-31-44(61)35-36-46-48(62)39-49(63)47-32-27-23-24-28-33-52(64)73-40-45(76-53(65)34-29-22-20-18-16-14-12-10-8-7-9-11-13-15-17-19-21-26-30-43(3)5-2)41-74-79(69,70)78-80(71,72)75-42-50(55(67)54(46)66)77-56(47)60-38-37-51(58)59-57(60)68/h35-38,43-50,54-56,61-63,66-67H,4-34,39-42H2,1-3H3,(H,69,70)(H,71,72)(H2,58,59,68)/b36-35+/t43?,44-,45+,46-,47-,48+,49-,50+,54-,55+,56+/m0/s1. The van der Waals surface area contributed by atoms with Gasteiger partial charge in [-0.3, -0.25) is 23.2 Å². The summed E-state index contributed by atoms with van der Waals surface area (Å²) in [5.74, 6) is -3.12. The van der Waals surface area contributed by atoms with E-state index in [-0.39, 0.29) is 25.1 Å². The van der Waals surface area contributed by atoms with Gasteiger partial charge in [-0.15, -0.1) is 0 Å². The quantitative estimate of drug-likeness (QED) is 0.0154. The molecule has 2 saturated heterocycles. The molecule has 0 radical (unpaired) electrons. The lowest BCUT2D eigenvalue weighted by Crippen LogP contribution is -2.52. The van der Waals surface area contributed by atoms with Crippen molar-refractivity contribution < 1.29 is 81.6 Å². The van der Waals surface area contributed by atoms with E-state index in [9.17, 15) is 58.8 Å². The molecule has 23 heteroatoms. The Kier molecular flexibility index (Phi) is 36.4. The number of carbonyl (C=O) groups excluding carboxylic acids is 2. The predicted molar refractivity (Wildman–Crippen MR) is 305 cm³/mol. The summed E-state index contributed by atoms with van der Waals surface area (Å²) < 4.78 is 59.5. The summed E-state index contributed by atoms with van der Waals surface area (Å²) in [5.41, 5.74) is 4.83. The number of nitrogens with two attached hydrogens (primary N) is 1. The van der Waals surface area contributed by atoms with Crippen LogP contribution in [0, 0.1) is 17.8 Å². The number of nitrogen functional groups attached to an aromatic ring is 1. The monoisotopic (exact) mass is 1180 g/mol. The van der Waals surface area contributed by atoms with Gasteiger partial charge in [0, 0.05) is 37.3 Å². The van der Waals surface area contributed by atoms with Crippen LogP contribution in [0.25, 0.3) is 0 Å². The van der Waals surface area contributed by atoms with Gasteiger partial charge in [0.25, 0.3) is 0 Å². The minimum atomic E-state index is -5.70. The lowest BCUT2D eigenvalue weighted by atomic mass is 9.82. The first-order chi connectivity index (χ1) is 38.3. The molecule has 3 unspecified atom stereocenters. The Balaban J connectivity index is 1.62. The minimum Gasteiger partial charge on any atom is -0.462 e. The average Bonchev–Trinajstić information content (AvgIpc) is 3.41. The number of nitrogens with zero attached hydrogens (tertiary/aromatic N) is 2. The third-order valence-corrected chi connectivity index (χ3v) is 18.1.